The molecule has 0 fully saturated rings. The van der Waals surface area contributed by atoms with E-state index in [0.717, 1.165) is 38.3 Å². The summed E-state index contributed by atoms with van der Waals surface area (Å²) in [7, 11) is -3.01. The molecule has 0 atom stereocenters. The van der Waals surface area contributed by atoms with E-state index in [2.05, 4.69) is 18.2 Å². The minimum Gasteiger partial charge on any atom is -0.309 e. The molecule has 0 saturated carbocycles. The molecule has 4 aromatic carbocycles. The van der Waals surface area contributed by atoms with Gasteiger partial charge >= 0.3 is 0 Å². The molecule has 0 aliphatic heterocycles. The van der Waals surface area contributed by atoms with Crippen LogP contribution in [0.15, 0.2) is 134 Å². The number of aromatic nitrogens is 1. The van der Waals surface area contributed by atoms with Crippen LogP contribution in [0.2, 0.25) is 0 Å². The van der Waals surface area contributed by atoms with Crippen LogP contribution in [0.25, 0.3) is 22.4 Å². The molecular formula is C29H22NOP. The van der Waals surface area contributed by atoms with Crippen molar-refractivity contribution in [1.29, 1.82) is 0 Å². The van der Waals surface area contributed by atoms with E-state index in [1.165, 1.54) is 0 Å². The molecule has 0 aliphatic carbocycles. The lowest BCUT2D eigenvalue weighted by Crippen LogP contribution is -2.25. The Balaban J connectivity index is 1.58. The first-order chi connectivity index (χ1) is 15.7. The van der Waals surface area contributed by atoms with Crippen LogP contribution in [0, 0.1) is 0 Å². The zero-order chi connectivity index (χ0) is 21.8. The maximum atomic E-state index is 14.6. The van der Waals surface area contributed by atoms with Crippen LogP contribution in [-0.2, 0) is 4.57 Å². The summed E-state index contributed by atoms with van der Waals surface area (Å²) in [6, 6.07) is 41.8. The average molecular weight is 431 g/mol. The number of rotatable bonds is 5. The van der Waals surface area contributed by atoms with E-state index in [9.17, 15) is 4.57 Å². The molecule has 0 unspecified atom stereocenters. The molecule has 0 saturated heterocycles. The Bertz CT molecular complexity index is 1320. The normalized spacial score (nSPS) is 11.2. The van der Waals surface area contributed by atoms with E-state index in [1.54, 1.807) is 0 Å². The second-order valence-electron chi connectivity index (χ2n) is 7.63. The summed E-state index contributed by atoms with van der Waals surface area (Å²) in [4.78, 5) is 4.70. The van der Waals surface area contributed by atoms with Gasteiger partial charge in [-0.3, -0.25) is 4.98 Å². The van der Waals surface area contributed by atoms with Crippen molar-refractivity contribution in [3.8, 4) is 22.4 Å². The lowest BCUT2D eigenvalue weighted by molar-refractivity contribution is 0.592. The minimum absolute atomic E-state index is 0.807. The number of hydrogen-bond acceptors (Lipinski definition) is 2. The largest absolute Gasteiger partial charge is 0.309 e. The number of nitrogens with zero attached hydrogens (tertiary/aromatic N) is 1. The van der Waals surface area contributed by atoms with Gasteiger partial charge in [0.1, 0.15) is 0 Å². The van der Waals surface area contributed by atoms with Gasteiger partial charge in [-0.2, -0.15) is 0 Å². The van der Waals surface area contributed by atoms with Crippen LogP contribution in [0.3, 0.4) is 0 Å². The molecule has 32 heavy (non-hydrogen) atoms. The number of pyridine rings is 1. The standard InChI is InChI=1S/C29H22NOP/c31-32(26-14-6-2-7-15-26,27-16-8-3-9-17-27)28-18-10-13-24(21-28)29-20-19-25(22-30-29)23-11-4-1-5-12-23/h1-22H. The van der Waals surface area contributed by atoms with Gasteiger partial charge in [-0.1, -0.05) is 115 Å². The molecule has 0 spiro atoms. The topological polar surface area (TPSA) is 30.0 Å². The molecule has 2 nitrogen and oxygen atoms in total. The summed E-state index contributed by atoms with van der Waals surface area (Å²) in [5, 5.41) is 2.47. The van der Waals surface area contributed by atoms with Gasteiger partial charge in [0.2, 0.25) is 0 Å². The van der Waals surface area contributed by atoms with Crippen molar-refractivity contribution in [2.75, 3.05) is 0 Å². The molecule has 0 aliphatic rings. The van der Waals surface area contributed by atoms with Crippen molar-refractivity contribution >= 4 is 23.1 Å². The van der Waals surface area contributed by atoms with Gasteiger partial charge in [-0.05, 0) is 17.7 Å². The van der Waals surface area contributed by atoms with E-state index in [4.69, 9.17) is 4.98 Å². The van der Waals surface area contributed by atoms with Crippen LogP contribution in [-0.4, -0.2) is 4.98 Å². The molecule has 5 rings (SSSR count). The Morgan fingerprint density at radius 3 is 1.56 bits per heavy atom. The molecular weight excluding hydrogens is 409 g/mol. The Labute approximate surface area is 188 Å². The second-order valence-corrected chi connectivity index (χ2v) is 10.4. The fourth-order valence-corrected chi connectivity index (χ4v) is 6.65. The molecule has 3 heteroatoms. The third-order valence-electron chi connectivity index (χ3n) is 5.62. The van der Waals surface area contributed by atoms with Crippen molar-refractivity contribution in [3.63, 3.8) is 0 Å². The highest BCUT2D eigenvalue weighted by molar-refractivity contribution is 7.85. The first kappa shape index (κ1) is 20.2. The van der Waals surface area contributed by atoms with Crippen molar-refractivity contribution in [2.24, 2.45) is 0 Å². The fourth-order valence-electron chi connectivity index (χ4n) is 3.95. The summed E-state index contributed by atoms with van der Waals surface area (Å²) < 4.78 is 14.6. The lowest BCUT2D eigenvalue weighted by atomic mass is 10.1. The van der Waals surface area contributed by atoms with Gasteiger partial charge < -0.3 is 4.57 Å². The third kappa shape index (κ3) is 3.82. The van der Waals surface area contributed by atoms with Crippen molar-refractivity contribution in [1.82, 2.24) is 4.98 Å². The summed E-state index contributed by atoms with van der Waals surface area (Å²) in [5.74, 6) is 0. The second kappa shape index (κ2) is 8.78. The quantitative estimate of drug-likeness (QED) is 0.317. The van der Waals surface area contributed by atoms with E-state index in [-0.39, 0.29) is 0 Å². The molecule has 0 amide bonds. The fraction of sp³-hybridized carbons (Fsp3) is 0. The van der Waals surface area contributed by atoms with Gasteiger partial charge in [0.25, 0.3) is 0 Å². The predicted octanol–water partition coefficient (Wildman–Crippen LogP) is 6.06. The SMILES string of the molecule is O=P(c1ccccc1)(c1ccccc1)c1cccc(-c2ccc(-c3ccccc3)cn2)c1. The Hall–Kier alpha value is -3.74. The van der Waals surface area contributed by atoms with Crippen molar-refractivity contribution < 1.29 is 4.57 Å². The van der Waals surface area contributed by atoms with Crippen LogP contribution in [0.4, 0.5) is 0 Å². The number of hydrogen-bond donors (Lipinski definition) is 0. The van der Waals surface area contributed by atoms with E-state index >= 15 is 0 Å². The molecule has 154 valence electrons. The van der Waals surface area contributed by atoms with Gasteiger partial charge in [0, 0.05) is 33.2 Å². The highest BCUT2D eigenvalue weighted by atomic mass is 31.2. The highest BCUT2D eigenvalue weighted by Crippen LogP contribution is 2.42. The first-order valence-corrected chi connectivity index (χ1v) is 12.3. The Kier molecular flexibility index (Phi) is 5.54. The monoisotopic (exact) mass is 431 g/mol. The maximum Gasteiger partial charge on any atom is 0.171 e. The molecule has 5 aromatic rings. The first-order valence-electron chi connectivity index (χ1n) is 10.6. The summed E-state index contributed by atoms with van der Waals surface area (Å²) in [6.45, 7) is 0. The molecule has 1 aromatic heterocycles. The van der Waals surface area contributed by atoms with Gasteiger partial charge in [-0.25, -0.2) is 0 Å². The molecule has 1 heterocycles. The smallest absolute Gasteiger partial charge is 0.171 e. The van der Waals surface area contributed by atoms with Crippen LogP contribution in [0.5, 0.6) is 0 Å². The minimum atomic E-state index is -3.01. The summed E-state index contributed by atoms with van der Waals surface area (Å²) in [5.41, 5.74) is 4.02. The Morgan fingerprint density at radius 2 is 1.00 bits per heavy atom. The lowest BCUT2D eigenvalue weighted by Gasteiger charge is -2.20. The predicted molar refractivity (Wildman–Crippen MR) is 135 cm³/mol. The van der Waals surface area contributed by atoms with Crippen molar-refractivity contribution in [3.05, 3.63) is 134 Å². The van der Waals surface area contributed by atoms with E-state index in [0.29, 0.717) is 0 Å². The van der Waals surface area contributed by atoms with Crippen LogP contribution < -0.4 is 15.9 Å². The Morgan fingerprint density at radius 1 is 0.469 bits per heavy atom. The van der Waals surface area contributed by atoms with Gasteiger partial charge in [0.15, 0.2) is 7.14 Å². The van der Waals surface area contributed by atoms with Gasteiger partial charge in [0.05, 0.1) is 5.69 Å². The maximum absolute atomic E-state index is 14.6. The van der Waals surface area contributed by atoms with Crippen LogP contribution >= 0.6 is 7.14 Å². The van der Waals surface area contributed by atoms with E-state index < -0.39 is 7.14 Å². The number of benzene rings is 4. The molecule has 0 N–H and O–H groups in total. The van der Waals surface area contributed by atoms with Crippen LogP contribution in [0.1, 0.15) is 0 Å². The van der Waals surface area contributed by atoms with Crippen molar-refractivity contribution in [2.45, 2.75) is 0 Å². The average Bonchev–Trinajstić information content (AvgIpc) is 2.90. The molecule has 0 bridgehead atoms. The van der Waals surface area contributed by atoms with E-state index in [1.807, 2.05) is 115 Å². The van der Waals surface area contributed by atoms with Gasteiger partial charge in [-0.15, -0.1) is 0 Å². The zero-order valence-electron chi connectivity index (χ0n) is 17.5. The third-order valence-corrected chi connectivity index (χ3v) is 8.67. The molecule has 0 radical (unpaired) electrons. The summed E-state index contributed by atoms with van der Waals surface area (Å²) >= 11 is 0. The zero-order valence-corrected chi connectivity index (χ0v) is 18.4. The highest BCUT2D eigenvalue weighted by Gasteiger charge is 2.29. The summed E-state index contributed by atoms with van der Waals surface area (Å²) in [6.07, 6.45) is 1.89.